The van der Waals surface area contributed by atoms with Gasteiger partial charge < -0.3 is 9.84 Å². The maximum atomic E-state index is 12.2. The highest BCUT2D eigenvalue weighted by Crippen LogP contribution is 2.26. The van der Waals surface area contributed by atoms with Gasteiger partial charge >= 0.3 is 0 Å². The number of amides is 1. The average Bonchev–Trinajstić information content (AvgIpc) is 3.06. The Morgan fingerprint density at radius 2 is 2.12 bits per heavy atom. The molecule has 1 saturated heterocycles. The molecule has 1 aromatic heterocycles. The number of thioether (sulfide) groups is 2. The van der Waals surface area contributed by atoms with Crippen molar-refractivity contribution in [2.45, 2.75) is 37.9 Å². The topological polar surface area (TPSA) is 68.0 Å². The second-order valence-electron chi connectivity index (χ2n) is 6.39. The lowest BCUT2D eigenvalue weighted by Gasteiger charge is -2.20. The molecule has 1 N–H and O–H groups in total. The Kier molecular flexibility index (Phi) is 6.42. The van der Waals surface area contributed by atoms with Crippen molar-refractivity contribution in [3.63, 3.8) is 0 Å². The fourth-order valence-corrected chi connectivity index (χ4v) is 5.21. The minimum atomic E-state index is 0.0891. The Bertz CT molecular complexity index is 695. The minimum absolute atomic E-state index is 0.0891. The van der Waals surface area contributed by atoms with Crippen LogP contribution in [0.4, 0.5) is 5.69 Å². The van der Waals surface area contributed by atoms with Crippen molar-refractivity contribution < 1.29 is 9.32 Å². The van der Waals surface area contributed by atoms with Gasteiger partial charge in [0.15, 0.2) is 5.82 Å². The Labute approximate surface area is 156 Å². The monoisotopic (exact) mass is 377 g/mol. The highest BCUT2D eigenvalue weighted by molar-refractivity contribution is 8.06. The first-order valence-electron chi connectivity index (χ1n) is 8.51. The molecule has 2 aromatic rings. The molecule has 25 heavy (non-hydrogen) atoms. The number of benzene rings is 1. The summed E-state index contributed by atoms with van der Waals surface area (Å²) in [5, 5.41) is 7.40. The van der Waals surface area contributed by atoms with Gasteiger partial charge in [0.05, 0.1) is 6.42 Å². The van der Waals surface area contributed by atoms with E-state index in [9.17, 15) is 4.79 Å². The number of carbonyl (C=O) groups is 1. The second-order valence-corrected chi connectivity index (χ2v) is 8.95. The maximum absolute atomic E-state index is 12.2. The molecule has 1 amide bonds. The molecule has 2 heterocycles. The van der Waals surface area contributed by atoms with E-state index in [1.807, 2.05) is 61.6 Å². The quantitative estimate of drug-likeness (QED) is 0.822. The predicted octanol–water partition coefficient (Wildman–Crippen LogP) is 3.96. The summed E-state index contributed by atoms with van der Waals surface area (Å²) in [6.07, 6.45) is 1.18. The zero-order chi connectivity index (χ0) is 17.6. The van der Waals surface area contributed by atoms with Gasteiger partial charge in [0, 0.05) is 40.5 Å². The summed E-state index contributed by atoms with van der Waals surface area (Å²) in [4.78, 5) is 16.5. The van der Waals surface area contributed by atoms with Crippen molar-refractivity contribution >= 4 is 35.1 Å². The van der Waals surface area contributed by atoms with E-state index < -0.39 is 0 Å². The van der Waals surface area contributed by atoms with Gasteiger partial charge in [-0.2, -0.15) is 28.5 Å². The van der Waals surface area contributed by atoms with Gasteiger partial charge in [-0.15, -0.1) is 0 Å². The van der Waals surface area contributed by atoms with E-state index >= 15 is 0 Å². The van der Waals surface area contributed by atoms with Crippen LogP contribution >= 0.6 is 23.5 Å². The lowest BCUT2D eigenvalue weighted by Crippen LogP contribution is -2.22. The zero-order valence-electron chi connectivity index (χ0n) is 14.5. The summed E-state index contributed by atoms with van der Waals surface area (Å²) in [7, 11) is 0. The lowest BCUT2D eigenvalue weighted by molar-refractivity contribution is -0.116. The number of nitrogens with one attached hydrogen (secondary N) is 1. The van der Waals surface area contributed by atoms with Crippen molar-refractivity contribution in [1.29, 1.82) is 0 Å². The number of aromatic nitrogens is 2. The molecule has 0 bridgehead atoms. The van der Waals surface area contributed by atoms with Crippen molar-refractivity contribution in [2.75, 3.05) is 22.6 Å². The van der Waals surface area contributed by atoms with Crippen LogP contribution in [0.15, 0.2) is 28.8 Å². The second kappa shape index (κ2) is 8.76. The maximum Gasteiger partial charge on any atom is 0.231 e. The van der Waals surface area contributed by atoms with Crippen molar-refractivity contribution in [2.24, 2.45) is 0 Å². The van der Waals surface area contributed by atoms with E-state index in [0.717, 1.165) is 28.6 Å². The Morgan fingerprint density at radius 1 is 1.32 bits per heavy atom. The minimum Gasteiger partial charge on any atom is -0.339 e. The normalized spacial score (nSPS) is 17.6. The fourth-order valence-electron chi connectivity index (χ4n) is 2.53. The summed E-state index contributed by atoms with van der Waals surface area (Å²) >= 11 is 3.84. The predicted molar refractivity (Wildman–Crippen MR) is 104 cm³/mol. The third-order valence-corrected chi connectivity index (χ3v) is 6.74. The molecule has 1 aliphatic heterocycles. The van der Waals surface area contributed by atoms with Crippen LogP contribution in [0, 0.1) is 0 Å². The van der Waals surface area contributed by atoms with Crippen molar-refractivity contribution in [3.8, 4) is 0 Å². The molecule has 1 aliphatic rings. The zero-order valence-corrected chi connectivity index (χ0v) is 16.2. The third kappa shape index (κ3) is 5.51. The number of nitrogens with zero attached hydrogens (tertiary/aromatic N) is 2. The molecule has 1 fully saturated rings. The van der Waals surface area contributed by atoms with Crippen LogP contribution in [0.5, 0.6) is 0 Å². The summed E-state index contributed by atoms with van der Waals surface area (Å²) < 4.78 is 5.27. The van der Waals surface area contributed by atoms with E-state index in [4.69, 9.17) is 4.52 Å². The molecule has 3 rings (SSSR count). The van der Waals surface area contributed by atoms with Crippen LogP contribution in [-0.4, -0.2) is 38.6 Å². The van der Waals surface area contributed by atoms with E-state index in [0.29, 0.717) is 24.0 Å². The number of hydrogen-bond donors (Lipinski definition) is 1. The first kappa shape index (κ1) is 18.3. The number of hydrogen-bond acceptors (Lipinski definition) is 6. The van der Waals surface area contributed by atoms with Gasteiger partial charge in [0.1, 0.15) is 0 Å². The third-order valence-electron chi connectivity index (χ3n) is 3.89. The summed E-state index contributed by atoms with van der Waals surface area (Å²) in [5.41, 5.74) is 1.91. The van der Waals surface area contributed by atoms with Crippen LogP contribution in [-0.2, 0) is 11.2 Å². The van der Waals surface area contributed by atoms with E-state index in [-0.39, 0.29) is 11.8 Å². The number of anilines is 1. The summed E-state index contributed by atoms with van der Waals surface area (Å²) in [6.45, 7) is 4.08. The first-order valence-corrected chi connectivity index (χ1v) is 10.7. The van der Waals surface area contributed by atoms with Gasteiger partial charge in [-0.25, -0.2) is 0 Å². The fraction of sp³-hybridized carbons (Fsp3) is 0.500. The van der Waals surface area contributed by atoms with E-state index in [1.165, 1.54) is 5.75 Å². The van der Waals surface area contributed by atoms with Crippen LogP contribution in [0.1, 0.15) is 43.5 Å². The van der Waals surface area contributed by atoms with Gasteiger partial charge in [0.2, 0.25) is 11.8 Å². The molecule has 0 radical (unpaired) electrons. The number of carbonyl (C=O) groups excluding carboxylic acids is 1. The van der Waals surface area contributed by atoms with Crippen LogP contribution in [0.25, 0.3) is 0 Å². The van der Waals surface area contributed by atoms with E-state index in [1.54, 1.807) is 0 Å². The van der Waals surface area contributed by atoms with Crippen LogP contribution < -0.4 is 5.32 Å². The SMILES string of the molecule is CC(C)c1noc(Cc2ccc(NC(=O)CC3CSCCS3)cc2)n1. The molecular weight excluding hydrogens is 354 g/mol. The molecule has 0 spiro atoms. The first-order chi connectivity index (χ1) is 12.1. The Balaban J connectivity index is 1.51. The molecule has 7 heteroatoms. The van der Waals surface area contributed by atoms with E-state index in [2.05, 4.69) is 15.5 Å². The van der Waals surface area contributed by atoms with Crippen molar-refractivity contribution in [3.05, 3.63) is 41.5 Å². The molecule has 1 unspecified atom stereocenters. The summed E-state index contributed by atoms with van der Waals surface area (Å²) in [5.74, 6) is 5.11. The molecular formula is C18H23N3O2S2. The number of rotatable bonds is 6. The Morgan fingerprint density at radius 3 is 2.76 bits per heavy atom. The molecule has 1 atom stereocenters. The molecule has 134 valence electrons. The summed E-state index contributed by atoms with van der Waals surface area (Å²) in [6, 6.07) is 7.82. The molecule has 1 aromatic carbocycles. The van der Waals surface area contributed by atoms with Gasteiger partial charge in [-0.05, 0) is 17.7 Å². The molecule has 5 nitrogen and oxygen atoms in total. The molecule has 0 aliphatic carbocycles. The molecule has 0 saturated carbocycles. The van der Waals surface area contributed by atoms with Crippen LogP contribution in [0.3, 0.4) is 0 Å². The highest BCUT2D eigenvalue weighted by Gasteiger charge is 2.18. The van der Waals surface area contributed by atoms with Crippen molar-refractivity contribution in [1.82, 2.24) is 10.1 Å². The smallest absolute Gasteiger partial charge is 0.231 e. The highest BCUT2D eigenvalue weighted by atomic mass is 32.2. The Hall–Kier alpha value is -1.47. The average molecular weight is 378 g/mol. The lowest BCUT2D eigenvalue weighted by atomic mass is 10.1. The van der Waals surface area contributed by atoms with Crippen LogP contribution in [0.2, 0.25) is 0 Å². The van der Waals surface area contributed by atoms with Gasteiger partial charge in [-0.1, -0.05) is 31.1 Å². The standard InChI is InChI=1S/C18H23N3O2S2/c1-12(2)18-20-17(23-21-18)9-13-3-5-14(6-4-13)19-16(22)10-15-11-24-7-8-25-15/h3-6,12,15H,7-11H2,1-2H3,(H,19,22). The largest absolute Gasteiger partial charge is 0.339 e. The van der Waals surface area contributed by atoms with Gasteiger partial charge in [-0.3, -0.25) is 4.79 Å². The van der Waals surface area contributed by atoms with Gasteiger partial charge in [0.25, 0.3) is 0 Å².